The lowest BCUT2D eigenvalue weighted by Gasteiger charge is -1.92. The van der Waals surface area contributed by atoms with Crippen molar-refractivity contribution in [1.82, 2.24) is 15.5 Å². The molecule has 1 aromatic heterocycles. The van der Waals surface area contributed by atoms with E-state index in [1.54, 1.807) is 0 Å². The zero-order chi connectivity index (χ0) is 7.56. The molecule has 0 saturated carbocycles. The Hall–Kier alpha value is -1.03. The van der Waals surface area contributed by atoms with Crippen molar-refractivity contribution >= 4 is 0 Å². The van der Waals surface area contributed by atoms with Crippen LogP contribution in [0.15, 0.2) is 4.79 Å². The third-order valence-electron chi connectivity index (χ3n) is 1.44. The molecule has 0 aliphatic carbocycles. The maximum absolute atomic E-state index is 10.9. The van der Waals surface area contributed by atoms with E-state index in [4.69, 9.17) is 0 Å². The van der Waals surface area contributed by atoms with Gasteiger partial charge in [-0.3, -0.25) is 9.89 Å². The van der Waals surface area contributed by atoms with Crippen LogP contribution in [0.2, 0.25) is 0 Å². The van der Waals surface area contributed by atoms with Crippen molar-refractivity contribution < 1.29 is 0 Å². The second kappa shape index (κ2) is 2.70. The summed E-state index contributed by atoms with van der Waals surface area (Å²) in [6.45, 7) is 2.48. The van der Waals surface area contributed by atoms with Crippen LogP contribution in [0, 0.1) is 6.92 Å². The van der Waals surface area contributed by atoms with E-state index in [1.807, 2.05) is 14.0 Å². The van der Waals surface area contributed by atoms with Crippen molar-refractivity contribution in [2.75, 3.05) is 7.05 Å². The third kappa shape index (κ3) is 1.11. The van der Waals surface area contributed by atoms with Crippen LogP contribution in [0.3, 0.4) is 0 Å². The number of aromatic amines is 2. The van der Waals surface area contributed by atoms with Gasteiger partial charge in [0.1, 0.15) is 0 Å². The molecule has 0 amide bonds. The molecule has 0 saturated heterocycles. The molecule has 0 bridgehead atoms. The Labute approximate surface area is 58.6 Å². The minimum atomic E-state index is -0.0353. The van der Waals surface area contributed by atoms with Gasteiger partial charge in [0.2, 0.25) is 0 Å². The summed E-state index contributed by atoms with van der Waals surface area (Å²) >= 11 is 0. The fourth-order valence-corrected chi connectivity index (χ4v) is 0.861. The van der Waals surface area contributed by atoms with E-state index in [0.717, 1.165) is 11.3 Å². The lowest BCUT2D eigenvalue weighted by Crippen LogP contribution is -2.14. The van der Waals surface area contributed by atoms with Crippen LogP contribution >= 0.6 is 0 Å². The fourth-order valence-electron chi connectivity index (χ4n) is 0.861. The molecular formula is C6H11N3O. The standard InChI is InChI=1S/C6H11N3O/c1-4-5(3-7-2)6(10)9-8-4/h7H,3H2,1-2H3,(H2,8,9,10). The van der Waals surface area contributed by atoms with Crippen molar-refractivity contribution in [3.8, 4) is 0 Å². The summed E-state index contributed by atoms with van der Waals surface area (Å²) in [5.41, 5.74) is 1.65. The highest BCUT2D eigenvalue weighted by Crippen LogP contribution is 1.94. The lowest BCUT2D eigenvalue weighted by atomic mass is 10.2. The van der Waals surface area contributed by atoms with Crippen molar-refractivity contribution in [3.63, 3.8) is 0 Å². The van der Waals surface area contributed by atoms with E-state index in [2.05, 4.69) is 15.5 Å². The smallest absolute Gasteiger partial charge is 0.268 e. The Morgan fingerprint density at radius 1 is 1.50 bits per heavy atom. The number of aromatic nitrogens is 2. The summed E-state index contributed by atoms with van der Waals surface area (Å²) in [5.74, 6) is 0. The van der Waals surface area contributed by atoms with Gasteiger partial charge in [-0.25, -0.2) is 0 Å². The van der Waals surface area contributed by atoms with Crippen molar-refractivity contribution in [2.45, 2.75) is 13.5 Å². The van der Waals surface area contributed by atoms with E-state index >= 15 is 0 Å². The first-order chi connectivity index (χ1) is 4.75. The highest BCUT2D eigenvalue weighted by atomic mass is 16.1. The van der Waals surface area contributed by atoms with Gasteiger partial charge < -0.3 is 10.4 Å². The summed E-state index contributed by atoms with van der Waals surface area (Å²) in [6.07, 6.45) is 0. The summed E-state index contributed by atoms with van der Waals surface area (Å²) in [5, 5.41) is 8.16. The Balaban J connectivity index is 2.99. The van der Waals surface area contributed by atoms with Crippen LogP contribution < -0.4 is 10.9 Å². The Bertz CT molecular complexity index is 260. The van der Waals surface area contributed by atoms with Crippen molar-refractivity contribution in [2.24, 2.45) is 0 Å². The van der Waals surface area contributed by atoms with Gasteiger partial charge in [-0.1, -0.05) is 0 Å². The predicted molar refractivity (Wildman–Crippen MR) is 38.9 cm³/mol. The molecule has 0 aliphatic rings. The Morgan fingerprint density at radius 2 is 2.20 bits per heavy atom. The summed E-state index contributed by atoms with van der Waals surface area (Å²) < 4.78 is 0. The van der Waals surface area contributed by atoms with Crippen LogP contribution in [0.5, 0.6) is 0 Å². The molecule has 1 heterocycles. The molecule has 0 aliphatic heterocycles. The maximum Gasteiger partial charge on any atom is 0.268 e. The molecule has 4 heteroatoms. The molecule has 56 valence electrons. The Kier molecular flexibility index (Phi) is 1.91. The molecule has 0 aromatic carbocycles. The van der Waals surface area contributed by atoms with E-state index in [0.29, 0.717) is 6.54 Å². The van der Waals surface area contributed by atoms with Crippen LogP contribution in [-0.4, -0.2) is 17.2 Å². The number of hydrogen-bond donors (Lipinski definition) is 3. The summed E-state index contributed by atoms with van der Waals surface area (Å²) in [4.78, 5) is 10.9. The van der Waals surface area contributed by atoms with Gasteiger partial charge in [-0.2, -0.15) is 0 Å². The number of aryl methyl sites for hydroxylation is 1. The molecule has 1 rings (SSSR count). The van der Waals surface area contributed by atoms with Gasteiger partial charge in [-0.05, 0) is 14.0 Å². The number of hydrogen-bond acceptors (Lipinski definition) is 2. The van der Waals surface area contributed by atoms with Crippen molar-refractivity contribution in [3.05, 3.63) is 21.6 Å². The minimum absolute atomic E-state index is 0.0353. The number of nitrogens with one attached hydrogen (secondary N) is 3. The normalized spacial score (nSPS) is 10.2. The zero-order valence-electron chi connectivity index (χ0n) is 6.12. The van der Waals surface area contributed by atoms with Gasteiger partial charge >= 0.3 is 0 Å². The van der Waals surface area contributed by atoms with Gasteiger partial charge in [0.15, 0.2) is 0 Å². The number of H-pyrrole nitrogens is 2. The molecule has 3 N–H and O–H groups in total. The van der Waals surface area contributed by atoms with Gasteiger partial charge in [0, 0.05) is 12.2 Å². The molecule has 0 radical (unpaired) electrons. The SMILES string of the molecule is CNCc1c(C)[nH][nH]c1=O. The predicted octanol–water partition coefficient (Wildman–Crippen LogP) is -0.269. The highest BCUT2D eigenvalue weighted by Gasteiger charge is 2.02. The van der Waals surface area contributed by atoms with Gasteiger partial charge in [0.25, 0.3) is 5.56 Å². The van der Waals surface area contributed by atoms with E-state index in [1.165, 1.54) is 0 Å². The van der Waals surface area contributed by atoms with Gasteiger partial charge in [-0.15, -0.1) is 0 Å². The summed E-state index contributed by atoms with van der Waals surface area (Å²) in [6, 6.07) is 0. The largest absolute Gasteiger partial charge is 0.315 e. The lowest BCUT2D eigenvalue weighted by molar-refractivity contribution is 0.807. The van der Waals surface area contributed by atoms with E-state index in [9.17, 15) is 4.79 Å². The van der Waals surface area contributed by atoms with E-state index in [-0.39, 0.29) is 5.56 Å². The Morgan fingerprint density at radius 3 is 2.60 bits per heavy atom. The topological polar surface area (TPSA) is 60.7 Å². The molecule has 10 heavy (non-hydrogen) atoms. The summed E-state index contributed by atoms with van der Waals surface area (Å²) in [7, 11) is 1.81. The van der Waals surface area contributed by atoms with E-state index < -0.39 is 0 Å². The second-order valence-corrected chi connectivity index (χ2v) is 2.21. The first kappa shape index (κ1) is 7.08. The molecule has 4 nitrogen and oxygen atoms in total. The quantitative estimate of drug-likeness (QED) is 0.531. The first-order valence-electron chi connectivity index (χ1n) is 3.16. The average Bonchev–Trinajstić information content (AvgIpc) is 2.20. The van der Waals surface area contributed by atoms with Crippen LogP contribution in [-0.2, 0) is 6.54 Å². The molecule has 0 unspecified atom stereocenters. The molecule has 0 atom stereocenters. The molecular weight excluding hydrogens is 130 g/mol. The molecule has 0 fully saturated rings. The van der Waals surface area contributed by atoms with Crippen LogP contribution in [0.1, 0.15) is 11.3 Å². The first-order valence-corrected chi connectivity index (χ1v) is 3.16. The van der Waals surface area contributed by atoms with Gasteiger partial charge in [0.05, 0.1) is 5.56 Å². The van der Waals surface area contributed by atoms with Crippen molar-refractivity contribution in [1.29, 1.82) is 0 Å². The highest BCUT2D eigenvalue weighted by molar-refractivity contribution is 5.13. The number of rotatable bonds is 2. The second-order valence-electron chi connectivity index (χ2n) is 2.21. The minimum Gasteiger partial charge on any atom is -0.315 e. The molecule has 1 aromatic rings. The van der Waals surface area contributed by atoms with Crippen LogP contribution in [0.4, 0.5) is 0 Å². The average molecular weight is 141 g/mol. The van der Waals surface area contributed by atoms with Crippen LogP contribution in [0.25, 0.3) is 0 Å². The fraction of sp³-hybridized carbons (Fsp3) is 0.500. The third-order valence-corrected chi connectivity index (χ3v) is 1.44. The molecule has 0 spiro atoms. The monoisotopic (exact) mass is 141 g/mol. The maximum atomic E-state index is 10.9. The zero-order valence-corrected chi connectivity index (χ0v) is 6.12.